The molecule has 6 nitrogen and oxygen atoms in total. The second kappa shape index (κ2) is 7.24. The molecule has 0 unspecified atom stereocenters. The molecule has 0 aliphatic rings. The van der Waals surface area contributed by atoms with Crippen molar-refractivity contribution in [2.75, 3.05) is 12.5 Å². The van der Waals surface area contributed by atoms with Crippen molar-refractivity contribution < 1.29 is 9.47 Å². The van der Waals surface area contributed by atoms with Crippen LogP contribution < -0.4 is 20.7 Å². The van der Waals surface area contributed by atoms with E-state index in [0.29, 0.717) is 17.4 Å². The molecule has 1 heterocycles. The van der Waals surface area contributed by atoms with Crippen LogP contribution in [-0.2, 0) is 6.42 Å². The third-order valence-corrected chi connectivity index (χ3v) is 3.51. The topological polar surface area (TPSA) is 82.3 Å². The van der Waals surface area contributed by atoms with E-state index in [1.54, 1.807) is 7.11 Å². The summed E-state index contributed by atoms with van der Waals surface area (Å²) in [5.41, 5.74) is 3.43. The summed E-state index contributed by atoms with van der Waals surface area (Å²) in [6.45, 7) is 2.07. The number of hydrazine groups is 1. The van der Waals surface area contributed by atoms with E-state index < -0.39 is 0 Å². The number of nitrogen functional groups attached to an aromatic ring is 1. The normalized spacial score (nSPS) is 10.3. The Morgan fingerprint density at radius 1 is 1.33 bits per heavy atom. The quantitative estimate of drug-likeness (QED) is 0.613. The van der Waals surface area contributed by atoms with Gasteiger partial charge in [-0.3, -0.25) is 0 Å². The van der Waals surface area contributed by atoms with Crippen molar-refractivity contribution in [1.82, 2.24) is 9.97 Å². The van der Waals surface area contributed by atoms with Gasteiger partial charge in [-0.05, 0) is 40.5 Å². The molecule has 0 radical (unpaired) electrons. The fraction of sp³-hybridized carbons (Fsp3) is 0.286. The minimum Gasteiger partial charge on any atom is -0.497 e. The van der Waals surface area contributed by atoms with Gasteiger partial charge in [0.05, 0.1) is 17.1 Å². The highest BCUT2D eigenvalue weighted by Gasteiger charge is 2.13. The van der Waals surface area contributed by atoms with Crippen LogP contribution in [0.3, 0.4) is 0 Å². The van der Waals surface area contributed by atoms with Gasteiger partial charge < -0.3 is 14.9 Å². The highest BCUT2D eigenvalue weighted by atomic mass is 79.9. The third-order valence-electron chi connectivity index (χ3n) is 2.89. The van der Waals surface area contributed by atoms with Crippen LogP contribution in [0.4, 0.5) is 5.82 Å². The summed E-state index contributed by atoms with van der Waals surface area (Å²) >= 11 is 3.46. The maximum absolute atomic E-state index is 5.89. The van der Waals surface area contributed by atoms with Gasteiger partial charge in [0.15, 0.2) is 0 Å². The molecular formula is C14H17BrN4O2. The first-order chi connectivity index (χ1) is 10.2. The second-order valence-corrected chi connectivity index (χ2v) is 5.15. The summed E-state index contributed by atoms with van der Waals surface area (Å²) in [4.78, 5) is 8.31. The van der Waals surface area contributed by atoms with Crippen LogP contribution in [0.15, 0.2) is 29.0 Å². The van der Waals surface area contributed by atoms with E-state index in [-0.39, 0.29) is 0 Å². The molecule has 0 aliphatic heterocycles. The molecule has 0 amide bonds. The van der Waals surface area contributed by atoms with Crippen LogP contribution in [0.1, 0.15) is 18.9 Å². The van der Waals surface area contributed by atoms with E-state index in [1.807, 2.05) is 18.2 Å². The fourth-order valence-electron chi connectivity index (χ4n) is 1.88. The van der Waals surface area contributed by atoms with E-state index in [0.717, 1.165) is 28.6 Å². The molecule has 1 aromatic carbocycles. The lowest BCUT2D eigenvalue weighted by Crippen LogP contribution is -2.12. The Bertz CT molecular complexity index is 622. The molecule has 0 aliphatic carbocycles. The number of halogens is 1. The van der Waals surface area contributed by atoms with Crippen molar-refractivity contribution in [3.8, 4) is 17.4 Å². The molecule has 0 bridgehead atoms. The van der Waals surface area contributed by atoms with Crippen LogP contribution in [0, 0.1) is 0 Å². The molecule has 0 spiro atoms. The van der Waals surface area contributed by atoms with Crippen LogP contribution >= 0.6 is 15.9 Å². The minimum atomic E-state index is 0.491. The van der Waals surface area contributed by atoms with Crippen molar-refractivity contribution in [3.63, 3.8) is 0 Å². The molecular weight excluding hydrogens is 336 g/mol. The minimum absolute atomic E-state index is 0.491. The number of nitrogens with zero attached hydrogens (tertiary/aromatic N) is 2. The number of rotatable bonds is 6. The lowest BCUT2D eigenvalue weighted by molar-refractivity contribution is 0.411. The summed E-state index contributed by atoms with van der Waals surface area (Å²) in [7, 11) is 1.62. The second-order valence-electron chi connectivity index (χ2n) is 4.30. The number of hydrogen-bond donors (Lipinski definition) is 2. The molecule has 21 heavy (non-hydrogen) atoms. The van der Waals surface area contributed by atoms with Gasteiger partial charge in [-0.1, -0.05) is 13.3 Å². The van der Waals surface area contributed by atoms with Crippen molar-refractivity contribution in [2.45, 2.75) is 19.8 Å². The first kappa shape index (κ1) is 15.5. The van der Waals surface area contributed by atoms with Crippen LogP contribution in [0.25, 0.3) is 0 Å². The Kier molecular flexibility index (Phi) is 5.35. The van der Waals surface area contributed by atoms with Crippen LogP contribution in [-0.4, -0.2) is 17.1 Å². The van der Waals surface area contributed by atoms with Gasteiger partial charge in [-0.2, -0.15) is 0 Å². The molecule has 0 saturated heterocycles. The highest BCUT2D eigenvalue weighted by molar-refractivity contribution is 9.10. The van der Waals surface area contributed by atoms with Gasteiger partial charge >= 0.3 is 0 Å². The zero-order chi connectivity index (χ0) is 15.2. The number of hydrogen-bond acceptors (Lipinski definition) is 6. The van der Waals surface area contributed by atoms with E-state index in [4.69, 9.17) is 15.3 Å². The average molecular weight is 353 g/mol. The Labute approximate surface area is 131 Å². The van der Waals surface area contributed by atoms with E-state index in [9.17, 15) is 0 Å². The van der Waals surface area contributed by atoms with E-state index in [1.165, 1.54) is 6.33 Å². The summed E-state index contributed by atoms with van der Waals surface area (Å²) in [6, 6.07) is 5.47. The summed E-state index contributed by atoms with van der Waals surface area (Å²) in [5, 5.41) is 0. The monoisotopic (exact) mass is 352 g/mol. The van der Waals surface area contributed by atoms with Crippen molar-refractivity contribution >= 4 is 21.7 Å². The van der Waals surface area contributed by atoms with E-state index in [2.05, 4.69) is 38.2 Å². The molecule has 0 fully saturated rings. The van der Waals surface area contributed by atoms with Crippen LogP contribution in [0.2, 0.25) is 0 Å². The lowest BCUT2D eigenvalue weighted by Gasteiger charge is -2.13. The van der Waals surface area contributed by atoms with E-state index >= 15 is 0 Å². The maximum Gasteiger partial charge on any atom is 0.227 e. The standard InChI is InChI=1S/C14H17BrN4O2/c1-3-4-10-13(19-16)17-8-18-14(10)21-12-6-5-9(20-2)7-11(12)15/h5-8H,3-4,16H2,1-2H3,(H,17,18,19). The summed E-state index contributed by atoms with van der Waals surface area (Å²) < 4.78 is 11.8. The SMILES string of the molecule is CCCc1c(NN)ncnc1Oc1ccc(OC)cc1Br. The van der Waals surface area contributed by atoms with Gasteiger partial charge in [0.1, 0.15) is 23.6 Å². The fourth-order valence-corrected chi connectivity index (χ4v) is 2.32. The number of benzene rings is 1. The third kappa shape index (κ3) is 3.62. The smallest absolute Gasteiger partial charge is 0.227 e. The van der Waals surface area contributed by atoms with Gasteiger partial charge in [0.25, 0.3) is 0 Å². The van der Waals surface area contributed by atoms with Crippen molar-refractivity contribution in [1.29, 1.82) is 0 Å². The lowest BCUT2D eigenvalue weighted by atomic mass is 10.2. The zero-order valence-electron chi connectivity index (χ0n) is 11.9. The highest BCUT2D eigenvalue weighted by Crippen LogP contribution is 2.34. The first-order valence-electron chi connectivity index (χ1n) is 6.51. The molecule has 2 rings (SSSR count). The average Bonchev–Trinajstić information content (AvgIpc) is 2.51. The van der Waals surface area contributed by atoms with Gasteiger partial charge in [0, 0.05) is 0 Å². The largest absolute Gasteiger partial charge is 0.497 e. The van der Waals surface area contributed by atoms with Crippen molar-refractivity contribution in [2.24, 2.45) is 5.84 Å². The predicted molar refractivity (Wildman–Crippen MR) is 84.6 cm³/mol. The van der Waals surface area contributed by atoms with Gasteiger partial charge in [-0.15, -0.1) is 0 Å². The number of methoxy groups -OCH3 is 1. The Morgan fingerprint density at radius 3 is 2.76 bits per heavy atom. The first-order valence-corrected chi connectivity index (χ1v) is 7.30. The molecule has 0 atom stereocenters. The van der Waals surface area contributed by atoms with Gasteiger partial charge in [-0.25, -0.2) is 15.8 Å². The Balaban J connectivity index is 2.35. The summed E-state index contributed by atoms with van der Waals surface area (Å²) in [5.74, 6) is 7.95. The molecule has 2 aromatic rings. The Hall–Kier alpha value is -1.86. The molecule has 7 heteroatoms. The number of ether oxygens (including phenoxy) is 2. The maximum atomic E-state index is 5.89. The van der Waals surface area contributed by atoms with Gasteiger partial charge in [0.2, 0.25) is 5.88 Å². The Morgan fingerprint density at radius 2 is 2.14 bits per heavy atom. The number of anilines is 1. The number of nitrogens with two attached hydrogens (primary N) is 1. The number of aromatic nitrogens is 2. The van der Waals surface area contributed by atoms with Crippen LogP contribution in [0.5, 0.6) is 17.4 Å². The molecule has 112 valence electrons. The number of nitrogens with one attached hydrogen (secondary N) is 1. The van der Waals surface area contributed by atoms with Crippen molar-refractivity contribution in [3.05, 3.63) is 34.6 Å². The summed E-state index contributed by atoms with van der Waals surface area (Å²) in [6.07, 6.45) is 3.12. The molecule has 0 saturated carbocycles. The zero-order valence-corrected chi connectivity index (χ0v) is 13.5. The molecule has 1 aromatic heterocycles. The predicted octanol–water partition coefficient (Wildman–Crippen LogP) is 3.28. The molecule has 3 N–H and O–H groups in total.